The molecule has 1 fully saturated rings. The Balaban J connectivity index is 1.57. The second-order valence-corrected chi connectivity index (χ2v) is 8.21. The highest BCUT2D eigenvalue weighted by atomic mass is 32.1. The zero-order chi connectivity index (χ0) is 21.4. The first-order chi connectivity index (χ1) is 15.1. The number of aromatic carboxylic acids is 1. The average molecular weight is 433 g/mol. The van der Waals surface area contributed by atoms with Gasteiger partial charge in [0.2, 0.25) is 4.96 Å². The molecule has 1 aliphatic heterocycles. The summed E-state index contributed by atoms with van der Waals surface area (Å²) in [5.41, 5.74) is 2.56. The molecule has 2 N–H and O–H groups in total. The van der Waals surface area contributed by atoms with Gasteiger partial charge in [0.15, 0.2) is 0 Å². The first-order valence-corrected chi connectivity index (χ1v) is 10.7. The number of benzene rings is 2. The summed E-state index contributed by atoms with van der Waals surface area (Å²) in [6, 6.07) is 16.2. The second kappa shape index (κ2) is 7.93. The van der Waals surface area contributed by atoms with Gasteiger partial charge in [-0.25, -0.2) is 4.79 Å². The van der Waals surface area contributed by atoms with Crippen LogP contribution in [-0.2, 0) is 0 Å². The van der Waals surface area contributed by atoms with Gasteiger partial charge in [-0.05, 0) is 29.3 Å². The molecule has 0 bridgehead atoms. The standard InChI is InChI=1S/C22H19N5O3S/c28-18-13-19(26-9-7-23-8-10-26)27-22(24-18)31-20(25-27)16-5-1-3-14(11-16)15-4-2-6-17(12-15)21(29)30/h1-6,11-13,23H,7-10H2,(H,29,30). The highest BCUT2D eigenvalue weighted by Crippen LogP contribution is 2.30. The molecule has 9 heteroatoms. The van der Waals surface area contributed by atoms with Gasteiger partial charge in [-0.1, -0.05) is 41.7 Å². The maximum absolute atomic E-state index is 12.2. The Labute approximate surface area is 181 Å². The number of carboxylic acids is 1. The summed E-state index contributed by atoms with van der Waals surface area (Å²) in [4.78, 5) is 30.3. The largest absolute Gasteiger partial charge is 0.478 e. The van der Waals surface area contributed by atoms with Crippen LogP contribution in [0.15, 0.2) is 59.4 Å². The lowest BCUT2D eigenvalue weighted by Gasteiger charge is -2.28. The first-order valence-electron chi connectivity index (χ1n) is 9.89. The van der Waals surface area contributed by atoms with Crippen molar-refractivity contribution in [3.8, 4) is 21.7 Å². The van der Waals surface area contributed by atoms with E-state index in [1.165, 1.54) is 17.4 Å². The molecule has 0 aliphatic carbocycles. The number of carbonyl (C=O) groups is 1. The maximum atomic E-state index is 12.2. The Bertz CT molecular complexity index is 1340. The zero-order valence-electron chi connectivity index (χ0n) is 16.5. The smallest absolute Gasteiger partial charge is 0.335 e. The van der Waals surface area contributed by atoms with E-state index in [1.807, 2.05) is 30.3 Å². The number of aromatic nitrogens is 3. The lowest BCUT2D eigenvalue weighted by Crippen LogP contribution is -2.44. The number of piperazine rings is 1. The van der Waals surface area contributed by atoms with E-state index < -0.39 is 5.97 Å². The van der Waals surface area contributed by atoms with Crippen molar-refractivity contribution in [2.45, 2.75) is 0 Å². The number of nitrogens with zero attached hydrogens (tertiary/aromatic N) is 4. The molecule has 0 unspecified atom stereocenters. The van der Waals surface area contributed by atoms with Crippen LogP contribution in [0.2, 0.25) is 0 Å². The molecule has 0 spiro atoms. The Morgan fingerprint density at radius 2 is 1.71 bits per heavy atom. The monoisotopic (exact) mass is 433 g/mol. The van der Waals surface area contributed by atoms with Crippen LogP contribution in [-0.4, -0.2) is 51.9 Å². The van der Waals surface area contributed by atoms with Crippen molar-refractivity contribution < 1.29 is 9.90 Å². The minimum atomic E-state index is -0.958. The Morgan fingerprint density at radius 3 is 2.48 bits per heavy atom. The molecule has 2 aromatic heterocycles. The maximum Gasteiger partial charge on any atom is 0.335 e. The number of carboxylic acid groups (broad SMARTS) is 1. The topological polar surface area (TPSA) is 99.8 Å². The van der Waals surface area contributed by atoms with Gasteiger partial charge in [-0.15, -0.1) is 0 Å². The summed E-state index contributed by atoms with van der Waals surface area (Å²) in [5, 5.41) is 18.1. The first kappa shape index (κ1) is 19.4. The van der Waals surface area contributed by atoms with E-state index in [4.69, 9.17) is 5.10 Å². The van der Waals surface area contributed by atoms with Gasteiger partial charge in [0.25, 0.3) is 5.56 Å². The summed E-state index contributed by atoms with van der Waals surface area (Å²) in [6.45, 7) is 3.31. The van der Waals surface area contributed by atoms with E-state index in [2.05, 4.69) is 15.2 Å². The molecule has 156 valence electrons. The molecule has 3 heterocycles. The summed E-state index contributed by atoms with van der Waals surface area (Å²) in [6.07, 6.45) is 0. The molecular weight excluding hydrogens is 414 g/mol. The Kier molecular flexibility index (Phi) is 4.97. The van der Waals surface area contributed by atoms with Crippen molar-refractivity contribution in [3.63, 3.8) is 0 Å². The van der Waals surface area contributed by atoms with Crippen molar-refractivity contribution >= 4 is 28.1 Å². The second-order valence-electron chi connectivity index (χ2n) is 7.26. The fourth-order valence-electron chi connectivity index (χ4n) is 3.70. The van der Waals surface area contributed by atoms with E-state index >= 15 is 0 Å². The molecule has 0 radical (unpaired) electrons. The molecule has 0 atom stereocenters. The number of nitrogens with one attached hydrogen (secondary N) is 1. The van der Waals surface area contributed by atoms with Crippen molar-refractivity contribution in [2.24, 2.45) is 0 Å². The Hall–Kier alpha value is -3.56. The summed E-state index contributed by atoms with van der Waals surface area (Å²) in [7, 11) is 0. The minimum absolute atomic E-state index is 0.242. The van der Waals surface area contributed by atoms with E-state index in [0.29, 0.717) is 4.96 Å². The fraction of sp³-hybridized carbons (Fsp3) is 0.182. The predicted molar refractivity (Wildman–Crippen MR) is 120 cm³/mol. The van der Waals surface area contributed by atoms with Gasteiger partial charge in [-0.2, -0.15) is 14.6 Å². The SMILES string of the molecule is O=C(O)c1cccc(-c2cccc(-c3nn4c(N5CCNCC5)cc(=O)nc4s3)c2)c1. The van der Waals surface area contributed by atoms with Gasteiger partial charge in [-0.3, -0.25) is 4.79 Å². The third-order valence-electron chi connectivity index (χ3n) is 5.23. The van der Waals surface area contributed by atoms with E-state index in [1.54, 1.807) is 22.7 Å². The van der Waals surface area contributed by atoms with Gasteiger partial charge < -0.3 is 15.3 Å². The third-order valence-corrected chi connectivity index (χ3v) is 6.19. The van der Waals surface area contributed by atoms with Gasteiger partial charge in [0, 0.05) is 37.8 Å². The van der Waals surface area contributed by atoms with Crippen molar-refractivity contribution in [1.82, 2.24) is 19.9 Å². The fourth-order valence-corrected chi connectivity index (χ4v) is 4.60. The van der Waals surface area contributed by atoms with Crippen LogP contribution >= 0.6 is 11.3 Å². The molecule has 1 aliphatic rings. The molecule has 0 amide bonds. The normalized spacial score (nSPS) is 14.1. The lowest BCUT2D eigenvalue weighted by molar-refractivity contribution is 0.0697. The number of fused-ring (bicyclic) bond motifs is 1. The molecule has 5 rings (SSSR count). The highest BCUT2D eigenvalue weighted by molar-refractivity contribution is 7.19. The number of anilines is 1. The molecule has 31 heavy (non-hydrogen) atoms. The van der Waals surface area contributed by atoms with Gasteiger partial charge in [0.05, 0.1) is 5.56 Å². The van der Waals surface area contributed by atoms with E-state index in [0.717, 1.165) is 53.7 Å². The molecular formula is C22H19N5O3S. The molecule has 1 saturated heterocycles. The summed E-state index contributed by atoms with van der Waals surface area (Å²) < 4.78 is 1.74. The quantitative estimate of drug-likeness (QED) is 0.510. The van der Waals surface area contributed by atoms with Crippen LogP contribution in [0.4, 0.5) is 5.82 Å². The average Bonchev–Trinajstić information content (AvgIpc) is 3.23. The predicted octanol–water partition coefficient (Wildman–Crippen LogP) is 2.59. The van der Waals surface area contributed by atoms with E-state index in [9.17, 15) is 14.7 Å². The molecule has 2 aromatic carbocycles. The molecule has 0 saturated carbocycles. The van der Waals surface area contributed by atoms with E-state index in [-0.39, 0.29) is 11.1 Å². The van der Waals surface area contributed by atoms with Crippen molar-refractivity contribution in [3.05, 3.63) is 70.5 Å². The summed E-state index contributed by atoms with van der Waals surface area (Å²) >= 11 is 1.36. The third kappa shape index (κ3) is 3.80. The summed E-state index contributed by atoms with van der Waals surface area (Å²) in [5.74, 6) is -0.204. The van der Waals surface area contributed by atoms with Crippen LogP contribution in [0.1, 0.15) is 10.4 Å². The van der Waals surface area contributed by atoms with Crippen LogP contribution in [0, 0.1) is 0 Å². The van der Waals surface area contributed by atoms with Crippen molar-refractivity contribution in [2.75, 3.05) is 31.1 Å². The zero-order valence-corrected chi connectivity index (χ0v) is 17.3. The number of rotatable bonds is 4. The highest BCUT2D eigenvalue weighted by Gasteiger charge is 2.18. The van der Waals surface area contributed by atoms with Crippen LogP contribution in [0.5, 0.6) is 0 Å². The van der Waals surface area contributed by atoms with Crippen molar-refractivity contribution in [1.29, 1.82) is 0 Å². The Morgan fingerprint density at radius 1 is 1.00 bits per heavy atom. The number of hydrogen-bond acceptors (Lipinski definition) is 7. The number of hydrogen-bond donors (Lipinski definition) is 2. The molecule has 4 aromatic rings. The lowest BCUT2D eigenvalue weighted by atomic mass is 10.0. The minimum Gasteiger partial charge on any atom is -0.478 e. The van der Waals surface area contributed by atoms with Crippen LogP contribution < -0.4 is 15.8 Å². The van der Waals surface area contributed by atoms with Gasteiger partial charge in [0.1, 0.15) is 10.8 Å². The van der Waals surface area contributed by atoms with Crippen LogP contribution in [0.25, 0.3) is 26.7 Å². The van der Waals surface area contributed by atoms with Crippen LogP contribution in [0.3, 0.4) is 0 Å². The van der Waals surface area contributed by atoms with Gasteiger partial charge >= 0.3 is 5.97 Å². The molecule has 8 nitrogen and oxygen atoms in total.